The Morgan fingerprint density at radius 2 is 1.50 bits per heavy atom. The Morgan fingerprint density at radius 3 is 2.32 bits per heavy atom. The topological polar surface area (TPSA) is 86.9 Å². The highest BCUT2D eigenvalue weighted by Gasteiger charge is 2.08. The fourth-order valence-electron chi connectivity index (χ4n) is 3.07. The lowest BCUT2D eigenvalue weighted by molar-refractivity contribution is 0.262. The van der Waals surface area contributed by atoms with E-state index in [9.17, 15) is 9.59 Å². The number of aromatic nitrogens is 2. The number of H-pyrrole nitrogens is 1. The van der Waals surface area contributed by atoms with Gasteiger partial charge >= 0.3 is 6.03 Å². The Bertz CT molecular complexity index is 1190. The molecule has 0 saturated carbocycles. The van der Waals surface area contributed by atoms with Gasteiger partial charge in [0.15, 0.2) is 0 Å². The van der Waals surface area contributed by atoms with Crippen LogP contribution in [-0.4, -0.2) is 16.2 Å². The first-order chi connectivity index (χ1) is 13.7. The third-order valence-electron chi connectivity index (χ3n) is 4.36. The van der Waals surface area contributed by atoms with Crippen molar-refractivity contribution >= 4 is 28.2 Å². The van der Waals surface area contributed by atoms with Crippen LogP contribution in [0.2, 0.25) is 0 Å². The van der Waals surface area contributed by atoms with E-state index in [1.165, 1.54) is 0 Å². The number of hydrogen-bond donors (Lipinski definition) is 3. The molecule has 0 saturated heterocycles. The number of anilines is 2. The minimum atomic E-state index is -0.309. The van der Waals surface area contributed by atoms with Crippen LogP contribution in [0.1, 0.15) is 11.3 Å². The van der Waals surface area contributed by atoms with Crippen LogP contribution in [0.5, 0.6) is 0 Å². The summed E-state index contributed by atoms with van der Waals surface area (Å²) in [4.78, 5) is 24.1. The molecule has 138 valence electrons. The van der Waals surface area contributed by atoms with Gasteiger partial charge in [0.05, 0.1) is 11.1 Å². The van der Waals surface area contributed by atoms with Gasteiger partial charge in [0.25, 0.3) is 5.56 Å². The second kappa shape index (κ2) is 7.75. The molecule has 6 nitrogen and oxygen atoms in total. The number of fused-ring (bicyclic) bond motifs is 1. The second-order valence-corrected chi connectivity index (χ2v) is 6.37. The van der Waals surface area contributed by atoms with E-state index in [2.05, 4.69) is 20.8 Å². The molecule has 0 atom stereocenters. The zero-order valence-corrected chi connectivity index (χ0v) is 15.0. The summed E-state index contributed by atoms with van der Waals surface area (Å²) in [5.41, 5.74) is 2.95. The summed E-state index contributed by atoms with van der Waals surface area (Å²) in [5.74, 6) is 0. The Morgan fingerprint density at radius 1 is 0.821 bits per heavy atom. The van der Waals surface area contributed by atoms with Crippen molar-refractivity contribution in [2.75, 3.05) is 10.6 Å². The number of nitrogens with one attached hydrogen (secondary N) is 3. The maximum atomic E-state index is 12.2. The predicted octanol–water partition coefficient (Wildman–Crippen LogP) is 4.16. The quantitative estimate of drug-likeness (QED) is 0.504. The predicted molar refractivity (Wildman–Crippen MR) is 111 cm³/mol. The van der Waals surface area contributed by atoms with Crippen LogP contribution >= 0.6 is 0 Å². The van der Waals surface area contributed by atoms with Gasteiger partial charge in [-0.1, -0.05) is 48.5 Å². The molecule has 0 aliphatic rings. The molecular weight excluding hydrogens is 352 g/mol. The van der Waals surface area contributed by atoms with Gasteiger partial charge in [-0.05, 0) is 35.9 Å². The molecule has 28 heavy (non-hydrogen) atoms. The summed E-state index contributed by atoms with van der Waals surface area (Å²) in [5, 5.41) is 13.8. The van der Waals surface area contributed by atoms with Gasteiger partial charge in [-0.2, -0.15) is 5.10 Å². The molecule has 0 radical (unpaired) electrons. The van der Waals surface area contributed by atoms with Gasteiger partial charge in [0, 0.05) is 23.2 Å². The molecule has 3 N–H and O–H groups in total. The summed E-state index contributed by atoms with van der Waals surface area (Å²) in [6.45, 7) is 0. The average molecular weight is 370 g/mol. The third kappa shape index (κ3) is 3.91. The number of benzene rings is 3. The molecule has 1 heterocycles. The van der Waals surface area contributed by atoms with Gasteiger partial charge in [-0.3, -0.25) is 4.79 Å². The Balaban J connectivity index is 1.52. The van der Waals surface area contributed by atoms with E-state index in [1.54, 1.807) is 6.07 Å². The summed E-state index contributed by atoms with van der Waals surface area (Å²) >= 11 is 0. The van der Waals surface area contributed by atoms with Gasteiger partial charge < -0.3 is 10.6 Å². The number of nitrogens with zero attached hydrogens (tertiary/aromatic N) is 1. The summed E-state index contributed by atoms with van der Waals surface area (Å²) in [6.07, 6.45) is 0.535. The fourth-order valence-corrected chi connectivity index (χ4v) is 3.07. The number of para-hydroxylation sites is 1. The zero-order valence-electron chi connectivity index (χ0n) is 15.0. The monoisotopic (exact) mass is 370 g/mol. The Labute approximate surface area is 161 Å². The first-order valence-electron chi connectivity index (χ1n) is 8.87. The van der Waals surface area contributed by atoms with Gasteiger partial charge in [0.1, 0.15) is 0 Å². The molecule has 0 unspecified atom stereocenters. The van der Waals surface area contributed by atoms with E-state index in [0.717, 1.165) is 22.3 Å². The number of urea groups is 1. The highest BCUT2D eigenvalue weighted by atomic mass is 16.2. The Hall–Kier alpha value is -3.93. The largest absolute Gasteiger partial charge is 0.323 e. The van der Waals surface area contributed by atoms with E-state index in [4.69, 9.17) is 0 Å². The van der Waals surface area contributed by atoms with Crippen molar-refractivity contribution in [2.24, 2.45) is 0 Å². The highest BCUT2D eigenvalue weighted by molar-refractivity contribution is 5.99. The van der Waals surface area contributed by atoms with Crippen LogP contribution in [0.3, 0.4) is 0 Å². The maximum absolute atomic E-state index is 12.2. The van der Waals surface area contributed by atoms with E-state index < -0.39 is 0 Å². The lowest BCUT2D eigenvalue weighted by atomic mass is 10.0. The van der Waals surface area contributed by atoms with Crippen molar-refractivity contribution in [3.8, 4) is 0 Å². The number of carbonyl (C=O) groups is 1. The minimum absolute atomic E-state index is 0.202. The molecule has 0 bridgehead atoms. The normalized spacial score (nSPS) is 10.6. The molecule has 0 aliphatic carbocycles. The Kier molecular flexibility index (Phi) is 4.84. The zero-order chi connectivity index (χ0) is 19.3. The molecular formula is C22H18N4O2. The first kappa shape index (κ1) is 17.5. The minimum Gasteiger partial charge on any atom is -0.308 e. The van der Waals surface area contributed by atoms with Crippen LogP contribution < -0.4 is 16.2 Å². The lowest BCUT2D eigenvalue weighted by Gasteiger charge is -2.10. The number of carbonyl (C=O) groups excluding carboxylic acids is 1. The summed E-state index contributed by atoms with van der Waals surface area (Å²) in [6, 6.07) is 23.9. The summed E-state index contributed by atoms with van der Waals surface area (Å²) < 4.78 is 0. The van der Waals surface area contributed by atoms with Gasteiger partial charge in [-0.25, -0.2) is 9.89 Å². The van der Waals surface area contributed by atoms with E-state index >= 15 is 0 Å². The van der Waals surface area contributed by atoms with Gasteiger partial charge in [-0.15, -0.1) is 0 Å². The molecule has 0 aliphatic heterocycles. The van der Waals surface area contributed by atoms with Crippen LogP contribution in [-0.2, 0) is 6.42 Å². The van der Waals surface area contributed by atoms with E-state index in [0.29, 0.717) is 17.5 Å². The van der Waals surface area contributed by atoms with Gasteiger partial charge in [0.2, 0.25) is 0 Å². The molecule has 2 amide bonds. The van der Waals surface area contributed by atoms with Crippen molar-refractivity contribution in [2.45, 2.75) is 6.42 Å². The standard InChI is InChI=1S/C22H18N4O2/c27-21-19-12-5-4-11-18(19)20(25-26-21)14-15-7-6-10-17(13-15)24-22(28)23-16-8-2-1-3-9-16/h1-13H,14H2,(H,26,27)(H2,23,24,28). The van der Waals surface area contributed by atoms with Crippen LogP contribution in [0.15, 0.2) is 83.7 Å². The molecule has 6 heteroatoms. The molecule has 0 fully saturated rings. The van der Waals surface area contributed by atoms with E-state index in [1.807, 2.05) is 72.8 Å². The fraction of sp³-hybridized carbons (Fsp3) is 0.0455. The number of amides is 2. The molecule has 4 rings (SSSR count). The van der Waals surface area contributed by atoms with Crippen LogP contribution in [0.4, 0.5) is 16.2 Å². The molecule has 1 aromatic heterocycles. The highest BCUT2D eigenvalue weighted by Crippen LogP contribution is 2.19. The number of hydrogen-bond acceptors (Lipinski definition) is 3. The number of rotatable bonds is 4. The smallest absolute Gasteiger partial charge is 0.308 e. The maximum Gasteiger partial charge on any atom is 0.323 e. The van der Waals surface area contributed by atoms with Crippen molar-refractivity contribution in [1.82, 2.24) is 10.2 Å². The van der Waals surface area contributed by atoms with Crippen molar-refractivity contribution in [1.29, 1.82) is 0 Å². The van der Waals surface area contributed by atoms with Crippen molar-refractivity contribution in [3.63, 3.8) is 0 Å². The molecule has 4 aromatic rings. The van der Waals surface area contributed by atoms with Crippen LogP contribution in [0, 0.1) is 0 Å². The van der Waals surface area contributed by atoms with Crippen molar-refractivity contribution in [3.05, 3.63) is 100 Å². The summed E-state index contributed by atoms with van der Waals surface area (Å²) in [7, 11) is 0. The first-order valence-corrected chi connectivity index (χ1v) is 8.87. The molecule has 0 spiro atoms. The SMILES string of the molecule is O=C(Nc1ccccc1)Nc1cccc(Cc2n[nH]c(=O)c3ccccc23)c1. The van der Waals surface area contributed by atoms with Crippen LogP contribution in [0.25, 0.3) is 10.8 Å². The molecule has 3 aromatic carbocycles. The lowest BCUT2D eigenvalue weighted by Crippen LogP contribution is -2.19. The third-order valence-corrected chi connectivity index (χ3v) is 4.36. The van der Waals surface area contributed by atoms with E-state index in [-0.39, 0.29) is 11.6 Å². The average Bonchev–Trinajstić information content (AvgIpc) is 2.71. The number of aromatic amines is 1. The second-order valence-electron chi connectivity index (χ2n) is 6.37. The van der Waals surface area contributed by atoms with Crippen molar-refractivity contribution < 1.29 is 4.79 Å².